The quantitative estimate of drug-likeness (QED) is 0.830. The first-order valence-corrected chi connectivity index (χ1v) is 7.84. The van der Waals surface area contributed by atoms with Gasteiger partial charge in [-0.05, 0) is 24.2 Å². The van der Waals surface area contributed by atoms with Crippen molar-refractivity contribution in [3.8, 4) is 11.4 Å². The van der Waals surface area contributed by atoms with Crippen LogP contribution in [0.5, 0.6) is 0 Å². The van der Waals surface area contributed by atoms with Crippen LogP contribution in [0.3, 0.4) is 0 Å². The van der Waals surface area contributed by atoms with Crippen molar-refractivity contribution in [3.05, 3.63) is 34.6 Å². The number of nitrogens with one attached hydrogen (secondary N) is 2. The van der Waals surface area contributed by atoms with E-state index in [0.29, 0.717) is 4.77 Å². The first-order valence-electron chi connectivity index (χ1n) is 7.43. The highest BCUT2D eigenvalue weighted by Gasteiger charge is 2.15. The Kier molecular flexibility index (Phi) is 4.48. The van der Waals surface area contributed by atoms with Gasteiger partial charge in [0.2, 0.25) is 4.77 Å². The average molecular weight is 305 g/mol. The maximum Gasteiger partial charge on any atom is 0.221 e. The molecule has 21 heavy (non-hydrogen) atoms. The number of benzene rings is 1. The van der Waals surface area contributed by atoms with Gasteiger partial charge in [-0.15, -0.1) is 0 Å². The van der Waals surface area contributed by atoms with Crippen molar-refractivity contribution < 1.29 is 9.64 Å². The molecule has 6 heteroatoms. The fraction of sp³-hybridized carbons (Fsp3) is 0.467. The fourth-order valence-electron chi connectivity index (χ4n) is 2.53. The maximum absolute atomic E-state index is 5.38. The Hall–Kier alpha value is -1.50. The van der Waals surface area contributed by atoms with Crippen LogP contribution in [0.4, 0.5) is 0 Å². The van der Waals surface area contributed by atoms with Crippen LogP contribution in [0.1, 0.15) is 12.5 Å². The van der Waals surface area contributed by atoms with E-state index in [9.17, 15) is 0 Å². The summed E-state index contributed by atoms with van der Waals surface area (Å²) >= 11 is 5.37. The summed E-state index contributed by atoms with van der Waals surface area (Å²) in [6.07, 6.45) is 1.05. The minimum absolute atomic E-state index is 0.614. The van der Waals surface area contributed by atoms with E-state index in [4.69, 9.17) is 17.0 Å². The van der Waals surface area contributed by atoms with Crippen LogP contribution >= 0.6 is 12.2 Å². The van der Waals surface area contributed by atoms with Crippen molar-refractivity contribution in [1.82, 2.24) is 14.8 Å². The van der Waals surface area contributed by atoms with Gasteiger partial charge in [0.25, 0.3) is 0 Å². The predicted octanol–water partition coefficient (Wildman–Crippen LogP) is 1.04. The third kappa shape index (κ3) is 3.40. The molecular weight excluding hydrogens is 284 g/mol. The van der Waals surface area contributed by atoms with Gasteiger partial charge in [0.15, 0.2) is 12.5 Å². The summed E-state index contributed by atoms with van der Waals surface area (Å²) in [5.74, 6) is 0.843. The number of quaternary nitrogens is 1. The second-order valence-electron chi connectivity index (χ2n) is 5.35. The van der Waals surface area contributed by atoms with Crippen LogP contribution in [0.15, 0.2) is 24.3 Å². The molecule has 0 unspecified atom stereocenters. The zero-order valence-electron chi connectivity index (χ0n) is 12.3. The first-order chi connectivity index (χ1) is 10.3. The van der Waals surface area contributed by atoms with Crippen LogP contribution < -0.4 is 4.90 Å². The molecule has 0 aliphatic carbocycles. The second kappa shape index (κ2) is 6.51. The molecule has 2 heterocycles. The SMILES string of the molecule is CCc1ccc(-c2nc(=S)n(C[NH+]3CCOCC3)[nH]2)cc1. The van der Waals surface area contributed by atoms with Crippen molar-refractivity contribution >= 4 is 12.2 Å². The van der Waals surface area contributed by atoms with Crippen LogP contribution in [0, 0.1) is 4.77 Å². The Morgan fingerprint density at radius 3 is 2.67 bits per heavy atom. The number of H-pyrrole nitrogens is 1. The van der Waals surface area contributed by atoms with E-state index in [1.807, 2.05) is 4.68 Å². The molecule has 1 aromatic heterocycles. The molecule has 1 aromatic carbocycles. The predicted molar refractivity (Wildman–Crippen MR) is 83.7 cm³/mol. The van der Waals surface area contributed by atoms with Gasteiger partial charge >= 0.3 is 0 Å². The summed E-state index contributed by atoms with van der Waals surface area (Å²) in [6.45, 7) is 6.65. The lowest BCUT2D eigenvalue weighted by atomic mass is 10.1. The molecule has 0 amide bonds. The van der Waals surface area contributed by atoms with E-state index in [-0.39, 0.29) is 0 Å². The van der Waals surface area contributed by atoms with Crippen LogP contribution in [-0.4, -0.2) is 41.1 Å². The van der Waals surface area contributed by atoms with Gasteiger partial charge in [0.1, 0.15) is 13.1 Å². The largest absolute Gasteiger partial charge is 0.370 e. The Bertz CT molecular complexity index is 640. The number of hydrogen-bond acceptors (Lipinski definition) is 3. The molecule has 0 spiro atoms. The maximum atomic E-state index is 5.38. The Morgan fingerprint density at radius 2 is 2.00 bits per heavy atom. The summed E-state index contributed by atoms with van der Waals surface area (Å²) in [7, 11) is 0. The van der Waals surface area contributed by atoms with Crippen molar-refractivity contribution in [1.29, 1.82) is 0 Å². The molecule has 1 aliphatic heterocycles. The van der Waals surface area contributed by atoms with Gasteiger partial charge in [-0.25, -0.2) is 4.68 Å². The van der Waals surface area contributed by atoms with Crippen molar-refractivity contribution in [2.45, 2.75) is 20.0 Å². The number of aromatic nitrogens is 3. The number of morpholine rings is 1. The minimum atomic E-state index is 0.614. The molecule has 1 aliphatic rings. The normalized spacial score (nSPS) is 16.2. The number of aromatic amines is 1. The number of ether oxygens (including phenoxy) is 1. The highest BCUT2D eigenvalue weighted by Crippen LogP contribution is 2.15. The summed E-state index contributed by atoms with van der Waals surface area (Å²) in [5, 5.41) is 3.32. The average Bonchev–Trinajstić information content (AvgIpc) is 2.89. The summed E-state index contributed by atoms with van der Waals surface area (Å²) < 4.78 is 7.95. The van der Waals surface area contributed by atoms with Crippen molar-refractivity contribution in [3.63, 3.8) is 0 Å². The van der Waals surface area contributed by atoms with Gasteiger partial charge in [-0.2, -0.15) is 4.98 Å². The third-order valence-corrected chi connectivity index (χ3v) is 4.21. The number of rotatable bonds is 4. The van der Waals surface area contributed by atoms with Crippen LogP contribution in [0.25, 0.3) is 11.4 Å². The number of hydrogen-bond donors (Lipinski definition) is 2. The molecular formula is C15H21N4OS+. The lowest BCUT2D eigenvalue weighted by molar-refractivity contribution is -0.930. The van der Waals surface area contributed by atoms with Crippen LogP contribution in [0.2, 0.25) is 0 Å². The van der Waals surface area contributed by atoms with E-state index >= 15 is 0 Å². The standard InChI is InChI=1S/C15H20N4OS/c1-2-12-3-5-13(6-4-12)14-16-15(21)19(17-14)11-18-7-9-20-10-8-18/h3-6H,2,7-11H2,1H3,(H,16,17,21)/p+1. The molecule has 0 saturated carbocycles. The minimum Gasteiger partial charge on any atom is -0.370 e. The second-order valence-corrected chi connectivity index (χ2v) is 5.72. The molecule has 5 nitrogen and oxygen atoms in total. The van der Waals surface area contributed by atoms with Gasteiger partial charge < -0.3 is 9.64 Å². The van der Waals surface area contributed by atoms with Gasteiger partial charge in [0, 0.05) is 5.56 Å². The molecule has 0 atom stereocenters. The molecule has 1 saturated heterocycles. The van der Waals surface area contributed by atoms with E-state index in [2.05, 4.69) is 41.3 Å². The molecule has 0 radical (unpaired) electrons. The lowest BCUT2D eigenvalue weighted by Crippen LogP contribution is -3.13. The zero-order chi connectivity index (χ0) is 14.7. The third-order valence-electron chi connectivity index (χ3n) is 3.90. The van der Waals surface area contributed by atoms with Crippen LogP contribution in [-0.2, 0) is 17.8 Å². The number of aryl methyl sites for hydroxylation is 1. The van der Waals surface area contributed by atoms with Crippen molar-refractivity contribution in [2.24, 2.45) is 0 Å². The van der Waals surface area contributed by atoms with Gasteiger partial charge in [0.05, 0.1) is 13.2 Å². The van der Waals surface area contributed by atoms with Gasteiger partial charge in [-0.3, -0.25) is 5.10 Å². The Morgan fingerprint density at radius 1 is 1.29 bits per heavy atom. The van der Waals surface area contributed by atoms with Crippen molar-refractivity contribution in [2.75, 3.05) is 26.3 Å². The fourth-order valence-corrected chi connectivity index (χ4v) is 2.73. The van der Waals surface area contributed by atoms with E-state index in [1.54, 1.807) is 0 Å². The highest BCUT2D eigenvalue weighted by atomic mass is 32.1. The lowest BCUT2D eigenvalue weighted by Gasteiger charge is -2.23. The first kappa shape index (κ1) is 14.4. The monoisotopic (exact) mass is 305 g/mol. The van der Waals surface area contributed by atoms with E-state index < -0.39 is 0 Å². The highest BCUT2D eigenvalue weighted by molar-refractivity contribution is 7.71. The van der Waals surface area contributed by atoms with E-state index in [1.165, 1.54) is 10.5 Å². The summed E-state index contributed by atoms with van der Waals surface area (Å²) in [6, 6.07) is 8.47. The summed E-state index contributed by atoms with van der Waals surface area (Å²) in [4.78, 5) is 5.95. The smallest absolute Gasteiger partial charge is 0.221 e. The molecule has 2 N–H and O–H groups in total. The van der Waals surface area contributed by atoms with Gasteiger partial charge in [-0.1, -0.05) is 31.2 Å². The topological polar surface area (TPSA) is 47.3 Å². The molecule has 1 fully saturated rings. The molecule has 3 rings (SSSR count). The zero-order valence-corrected chi connectivity index (χ0v) is 13.1. The Labute approximate surface area is 129 Å². The molecule has 112 valence electrons. The Balaban J connectivity index is 1.78. The summed E-state index contributed by atoms with van der Waals surface area (Å²) in [5.41, 5.74) is 2.41. The molecule has 2 aromatic rings. The molecule has 0 bridgehead atoms. The van der Waals surface area contributed by atoms with E-state index in [0.717, 1.165) is 50.8 Å². The number of nitrogens with zero attached hydrogens (tertiary/aromatic N) is 2.